The Labute approximate surface area is 74.6 Å². The van der Waals surface area contributed by atoms with Crippen LogP contribution in [0.3, 0.4) is 0 Å². The van der Waals surface area contributed by atoms with Gasteiger partial charge in [-0.1, -0.05) is 19.9 Å². The molecule has 0 aliphatic carbocycles. The monoisotopic (exact) mass is 170 g/mol. The van der Waals surface area contributed by atoms with Gasteiger partial charge in [0.1, 0.15) is 5.60 Å². The van der Waals surface area contributed by atoms with Gasteiger partial charge in [0.2, 0.25) is 0 Å². The van der Waals surface area contributed by atoms with Crippen molar-refractivity contribution in [2.45, 2.75) is 39.2 Å². The maximum Gasteiger partial charge on any atom is 0.186 e. The third-order valence-corrected chi connectivity index (χ3v) is 1.74. The van der Waals surface area contributed by atoms with Crippen molar-refractivity contribution in [2.24, 2.45) is 0 Å². The molecule has 0 unspecified atom stereocenters. The SMILES string of the molecule is C=CC(=O)C(C)(C)OCCCC. The van der Waals surface area contributed by atoms with Gasteiger partial charge in [0, 0.05) is 6.61 Å². The molecule has 2 heteroatoms. The van der Waals surface area contributed by atoms with Gasteiger partial charge in [-0.2, -0.15) is 0 Å². The molecule has 0 heterocycles. The standard InChI is InChI=1S/C10H18O2/c1-5-7-8-12-10(3,4)9(11)6-2/h6H,2,5,7-8H2,1,3-4H3. The van der Waals surface area contributed by atoms with Gasteiger partial charge in [-0.05, 0) is 26.3 Å². The fourth-order valence-corrected chi connectivity index (χ4v) is 0.789. The highest BCUT2D eigenvalue weighted by Crippen LogP contribution is 2.11. The number of rotatable bonds is 6. The lowest BCUT2D eigenvalue weighted by molar-refractivity contribution is -0.135. The molecule has 2 nitrogen and oxygen atoms in total. The summed E-state index contributed by atoms with van der Waals surface area (Å²) in [5.41, 5.74) is -0.697. The largest absolute Gasteiger partial charge is 0.367 e. The fraction of sp³-hybridized carbons (Fsp3) is 0.700. The Hall–Kier alpha value is -0.630. The number of unbranched alkanes of at least 4 members (excludes halogenated alkanes) is 1. The van der Waals surface area contributed by atoms with Gasteiger partial charge in [-0.15, -0.1) is 0 Å². The quantitative estimate of drug-likeness (QED) is 0.452. The fourth-order valence-electron chi connectivity index (χ4n) is 0.789. The van der Waals surface area contributed by atoms with Crippen molar-refractivity contribution in [3.63, 3.8) is 0 Å². The molecule has 0 saturated carbocycles. The molecule has 0 spiro atoms. The van der Waals surface area contributed by atoms with E-state index in [-0.39, 0.29) is 5.78 Å². The summed E-state index contributed by atoms with van der Waals surface area (Å²) in [5, 5.41) is 0. The molecule has 0 amide bonds. The van der Waals surface area contributed by atoms with Crippen LogP contribution in [-0.4, -0.2) is 18.0 Å². The number of hydrogen-bond donors (Lipinski definition) is 0. The summed E-state index contributed by atoms with van der Waals surface area (Å²) in [5.74, 6) is -0.0568. The van der Waals surface area contributed by atoms with Gasteiger partial charge >= 0.3 is 0 Å². The average molecular weight is 170 g/mol. The minimum Gasteiger partial charge on any atom is -0.367 e. The summed E-state index contributed by atoms with van der Waals surface area (Å²) in [6.07, 6.45) is 3.39. The van der Waals surface area contributed by atoms with Gasteiger partial charge in [-0.25, -0.2) is 0 Å². The molecule has 0 N–H and O–H groups in total. The molecule has 0 rings (SSSR count). The molecule has 0 aromatic rings. The summed E-state index contributed by atoms with van der Waals surface area (Å²) >= 11 is 0. The maximum atomic E-state index is 11.2. The smallest absolute Gasteiger partial charge is 0.186 e. The first kappa shape index (κ1) is 11.4. The highest BCUT2D eigenvalue weighted by molar-refractivity contribution is 5.95. The summed E-state index contributed by atoms with van der Waals surface area (Å²) in [6, 6.07) is 0. The van der Waals surface area contributed by atoms with Crippen LogP contribution in [0.4, 0.5) is 0 Å². The Morgan fingerprint density at radius 2 is 2.17 bits per heavy atom. The van der Waals surface area contributed by atoms with Crippen molar-refractivity contribution in [1.29, 1.82) is 0 Å². The highest BCUT2D eigenvalue weighted by atomic mass is 16.5. The lowest BCUT2D eigenvalue weighted by Crippen LogP contribution is -2.33. The predicted molar refractivity (Wildman–Crippen MR) is 50.1 cm³/mol. The zero-order valence-corrected chi connectivity index (χ0v) is 8.22. The van der Waals surface area contributed by atoms with Crippen LogP contribution in [0.1, 0.15) is 33.6 Å². The summed E-state index contributed by atoms with van der Waals surface area (Å²) in [7, 11) is 0. The molecule has 70 valence electrons. The van der Waals surface area contributed by atoms with E-state index in [9.17, 15) is 4.79 Å². The summed E-state index contributed by atoms with van der Waals surface area (Å²) < 4.78 is 5.40. The lowest BCUT2D eigenvalue weighted by atomic mass is 10.0. The van der Waals surface area contributed by atoms with E-state index < -0.39 is 5.60 Å². The third kappa shape index (κ3) is 3.67. The molecule has 0 fully saturated rings. The van der Waals surface area contributed by atoms with Crippen molar-refractivity contribution in [3.05, 3.63) is 12.7 Å². The van der Waals surface area contributed by atoms with Gasteiger partial charge in [-0.3, -0.25) is 4.79 Å². The van der Waals surface area contributed by atoms with Crippen molar-refractivity contribution >= 4 is 5.78 Å². The second-order valence-corrected chi connectivity index (χ2v) is 3.28. The second kappa shape index (κ2) is 5.09. The van der Waals surface area contributed by atoms with E-state index in [0.717, 1.165) is 12.8 Å². The molecule has 12 heavy (non-hydrogen) atoms. The Morgan fingerprint density at radius 3 is 2.58 bits per heavy atom. The van der Waals surface area contributed by atoms with Crippen molar-refractivity contribution < 1.29 is 9.53 Å². The lowest BCUT2D eigenvalue weighted by Gasteiger charge is -2.21. The Morgan fingerprint density at radius 1 is 1.58 bits per heavy atom. The maximum absolute atomic E-state index is 11.2. The first-order chi connectivity index (χ1) is 5.54. The van der Waals surface area contributed by atoms with E-state index in [4.69, 9.17) is 4.74 Å². The van der Waals surface area contributed by atoms with E-state index in [2.05, 4.69) is 13.5 Å². The van der Waals surface area contributed by atoms with Gasteiger partial charge in [0.05, 0.1) is 0 Å². The summed E-state index contributed by atoms with van der Waals surface area (Å²) in [4.78, 5) is 11.2. The third-order valence-electron chi connectivity index (χ3n) is 1.74. The van der Waals surface area contributed by atoms with Crippen molar-refractivity contribution in [1.82, 2.24) is 0 Å². The molecule has 0 aromatic heterocycles. The number of carbonyl (C=O) groups excluding carboxylic acids is 1. The minimum atomic E-state index is -0.697. The van der Waals surface area contributed by atoms with Crippen molar-refractivity contribution in [3.8, 4) is 0 Å². The van der Waals surface area contributed by atoms with Crippen LogP contribution in [0, 0.1) is 0 Å². The van der Waals surface area contributed by atoms with Crippen LogP contribution in [0.5, 0.6) is 0 Å². The molecule has 0 aromatic carbocycles. The van der Waals surface area contributed by atoms with E-state index >= 15 is 0 Å². The van der Waals surface area contributed by atoms with Crippen LogP contribution in [0.2, 0.25) is 0 Å². The number of ether oxygens (including phenoxy) is 1. The summed E-state index contributed by atoms with van der Waals surface area (Å²) in [6.45, 7) is 9.70. The minimum absolute atomic E-state index is 0.0568. The van der Waals surface area contributed by atoms with Gasteiger partial charge < -0.3 is 4.74 Å². The van der Waals surface area contributed by atoms with Gasteiger partial charge in [0.25, 0.3) is 0 Å². The molecule has 0 radical (unpaired) electrons. The number of ketones is 1. The molecule has 0 aliphatic heterocycles. The van der Waals surface area contributed by atoms with E-state index in [1.165, 1.54) is 6.08 Å². The van der Waals surface area contributed by atoms with Crippen LogP contribution in [0.15, 0.2) is 12.7 Å². The Balaban J connectivity index is 3.86. The van der Waals surface area contributed by atoms with Crippen LogP contribution >= 0.6 is 0 Å². The first-order valence-electron chi connectivity index (χ1n) is 4.35. The Kier molecular flexibility index (Phi) is 4.83. The zero-order valence-electron chi connectivity index (χ0n) is 8.22. The van der Waals surface area contributed by atoms with Crippen LogP contribution in [-0.2, 0) is 9.53 Å². The predicted octanol–water partition coefficient (Wildman–Crippen LogP) is 2.34. The first-order valence-corrected chi connectivity index (χ1v) is 4.35. The molecule has 0 aliphatic rings. The second-order valence-electron chi connectivity index (χ2n) is 3.28. The topological polar surface area (TPSA) is 26.3 Å². The Bertz CT molecular complexity index is 159. The number of hydrogen-bond acceptors (Lipinski definition) is 2. The molecular weight excluding hydrogens is 152 g/mol. The van der Waals surface area contributed by atoms with Crippen LogP contribution in [0.25, 0.3) is 0 Å². The average Bonchev–Trinajstić information content (AvgIpc) is 2.03. The molecule has 0 atom stereocenters. The van der Waals surface area contributed by atoms with E-state index in [1.807, 2.05) is 0 Å². The zero-order chi connectivity index (χ0) is 9.61. The van der Waals surface area contributed by atoms with E-state index in [0.29, 0.717) is 6.61 Å². The molecular formula is C10H18O2. The van der Waals surface area contributed by atoms with Crippen molar-refractivity contribution in [2.75, 3.05) is 6.61 Å². The molecule has 0 saturated heterocycles. The normalized spacial score (nSPS) is 11.2. The van der Waals surface area contributed by atoms with E-state index in [1.54, 1.807) is 13.8 Å². The highest BCUT2D eigenvalue weighted by Gasteiger charge is 2.24. The number of carbonyl (C=O) groups is 1. The van der Waals surface area contributed by atoms with Gasteiger partial charge in [0.15, 0.2) is 5.78 Å². The van der Waals surface area contributed by atoms with Crippen LogP contribution < -0.4 is 0 Å². The molecule has 0 bridgehead atoms.